The molecule has 0 N–H and O–H groups in total. The van der Waals surface area contributed by atoms with Gasteiger partial charge in [-0.3, -0.25) is 0 Å². The minimum absolute atomic E-state index is 0.892. The molecule has 0 saturated carbocycles. The topological polar surface area (TPSA) is 6.25 Å². The number of hydrogen-bond donors (Lipinski definition) is 0. The van der Waals surface area contributed by atoms with E-state index < -0.39 is 0 Å². The zero-order valence-corrected chi connectivity index (χ0v) is 10.8. The highest BCUT2D eigenvalue weighted by Crippen LogP contribution is 2.12. The molecule has 0 bridgehead atoms. The van der Waals surface area contributed by atoms with E-state index in [4.69, 9.17) is 11.6 Å². The van der Waals surface area contributed by atoms with Gasteiger partial charge in [0.2, 0.25) is 0 Å². The first-order valence-corrected chi connectivity index (χ1v) is 6.93. The third kappa shape index (κ3) is 3.82. The van der Waals surface area contributed by atoms with Crippen LogP contribution in [0.1, 0.15) is 38.5 Å². The van der Waals surface area contributed by atoms with E-state index in [0.717, 1.165) is 5.03 Å². The second-order valence-corrected chi connectivity index (χ2v) is 5.27. The van der Waals surface area contributed by atoms with E-state index >= 15 is 0 Å². The summed E-state index contributed by atoms with van der Waals surface area (Å²) in [7, 11) is 0. The molecule has 0 aliphatic carbocycles. The Morgan fingerprint density at radius 1 is 0.938 bits per heavy atom. The number of piperidine rings is 2. The number of rotatable bonds is 2. The van der Waals surface area contributed by atoms with E-state index in [-0.39, 0.29) is 0 Å². The molecule has 2 fully saturated rings. The summed E-state index contributed by atoms with van der Waals surface area (Å²) in [6.45, 7) is 4.68. The van der Waals surface area contributed by atoms with Gasteiger partial charge in [0, 0.05) is 32.1 Å². The molecule has 3 heteroatoms. The SMILES string of the molecule is ClC(=CN1CCCCC1)C=[N+]1CCCCC1. The van der Waals surface area contributed by atoms with Crippen LogP contribution in [-0.4, -0.2) is 41.9 Å². The number of likely N-dealkylation sites (tertiary alicyclic amines) is 1. The number of hydrogen-bond acceptors (Lipinski definition) is 1. The van der Waals surface area contributed by atoms with Gasteiger partial charge in [-0.05, 0) is 25.7 Å². The van der Waals surface area contributed by atoms with Gasteiger partial charge in [0.05, 0.1) is 0 Å². The van der Waals surface area contributed by atoms with Gasteiger partial charge in [0.1, 0.15) is 18.1 Å². The molecule has 16 heavy (non-hydrogen) atoms. The van der Waals surface area contributed by atoms with Gasteiger partial charge in [-0.25, -0.2) is 4.58 Å². The van der Waals surface area contributed by atoms with Crippen LogP contribution in [0.25, 0.3) is 0 Å². The molecule has 0 radical (unpaired) electrons. The maximum Gasteiger partial charge on any atom is 0.183 e. The Bertz CT molecular complexity index is 270. The largest absolute Gasteiger partial charge is 0.376 e. The number of allylic oxidation sites excluding steroid dienone is 1. The van der Waals surface area contributed by atoms with Crippen molar-refractivity contribution in [3.63, 3.8) is 0 Å². The number of nitrogens with zero attached hydrogens (tertiary/aromatic N) is 2. The van der Waals surface area contributed by atoms with E-state index in [1.54, 1.807) is 0 Å². The third-order valence-corrected chi connectivity index (χ3v) is 3.59. The smallest absolute Gasteiger partial charge is 0.183 e. The lowest BCUT2D eigenvalue weighted by atomic mass is 10.1. The van der Waals surface area contributed by atoms with Gasteiger partial charge in [0.15, 0.2) is 6.21 Å². The minimum atomic E-state index is 0.892. The normalized spacial score (nSPS) is 23.4. The first-order chi connectivity index (χ1) is 7.84. The summed E-state index contributed by atoms with van der Waals surface area (Å²) in [4.78, 5) is 2.35. The highest BCUT2D eigenvalue weighted by Gasteiger charge is 2.12. The van der Waals surface area contributed by atoms with Crippen LogP contribution in [0.5, 0.6) is 0 Å². The lowest BCUT2D eigenvalue weighted by Gasteiger charge is -2.24. The first-order valence-electron chi connectivity index (χ1n) is 6.55. The molecule has 2 heterocycles. The molecule has 2 rings (SSSR count). The molecule has 0 spiro atoms. The molecular weight excluding hydrogens is 220 g/mol. The summed E-state index contributed by atoms with van der Waals surface area (Å²) in [6, 6.07) is 0. The first kappa shape index (κ1) is 12.0. The average Bonchev–Trinajstić information content (AvgIpc) is 2.31. The summed E-state index contributed by atoms with van der Waals surface area (Å²) in [5.74, 6) is 0. The summed E-state index contributed by atoms with van der Waals surface area (Å²) in [5, 5.41) is 0.892. The van der Waals surface area contributed by atoms with E-state index in [2.05, 4.69) is 21.9 Å². The van der Waals surface area contributed by atoms with Crippen molar-refractivity contribution < 1.29 is 4.58 Å². The monoisotopic (exact) mass is 241 g/mol. The third-order valence-electron chi connectivity index (χ3n) is 3.39. The van der Waals surface area contributed by atoms with Gasteiger partial charge in [-0.15, -0.1) is 0 Å². The van der Waals surface area contributed by atoms with Gasteiger partial charge in [0.25, 0.3) is 0 Å². The van der Waals surface area contributed by atoms with Crippen LogP contribution in [0, 0.1) is 0 Å². The van der Waals surface area contributed by atoms with E-state index in [1.165, 1.54) is 64.7 Å². The Balaban J connectivity index is 1.89. The van der Waals surface area contributed by atoms with Crippen LogP contribution in [0.4, 0.5) is 0 Å². The molecule has 0 aromatic rings. The van der Waals surface area contributed by atoms with Crippen molar-refractivity contribution in [3.05, 3.63) is 11.2 Å². The summed E-state index contributed by atoms with van der Waals surface area (Å²) < 4.78 is 2.35. The maximum atomic E-state index is 6.27. The van der Waals surface area contributed by atoms with Crippen molar-refractivity contribution in [3.8, 4) is 0 Å². The molecular formula is C13H22ClN2+. The predicted octanol–water partition coefficient (Wildman–Crippen LogP) is 2.82. The summed E-state index contributed by atoms with van der Waals surface area (Å²) in [5.41, 5.74) is 0. The molecule has 0 atom stereocenters. The second-order valence-electron chi connectivity index (χ2n) is 4.84. The molecule has 0 amide bonds. The standard InChI is InChI=1S/C13H22ClN2/c14-13(11-15-7-3-1-4-8-15)12-16-9-5-2-6-10-16/h11-12H,1-10H2/q+1. The fraction of sp³-hybridized carbons (Fsp3) is 0.769. The van der Waals surface area contributed by atoms with Gasteiger partial charge in [-0.1, -0.05) is 11.6 Å². The quantitative estimate of drug-likeness (QED) is 0.674. The van der Waals surface area contributed by atoms with Gasteiger partial charge in [-0.2, -0.15) is 0 Å². The fourth-order valence-electron chi connectivity index (χ4n) is 2.48. The molecule has 2 saturated heterocycles. The lowest BCUT2D eigenvalue weighted by molar-refractivity contribution is -0.532. The van der Waals surface area contributed by atoms with Crippen molar-refractivity contribution in [1.82, 2.24) is 4.90 Å². The Morgan fingerprint density at radius 3 is 2.25 bits per heavy atom. The summed E-state index contributed by atoms with van der Waals surface area (Å²) in [6.07, 6.45) is 12.2. The van der Waals surface area contributed by atoms with Crippen LogP contribution in [0.15, 0.2) is 11.2 Å². The van der Waals surface area contributed by atoms with Crippen molar-refractivity contribution in [1.29, 1.82) is 0 Å². The Labute approximate surface area is 104 Å². The molecule has 90 valence electrons. The van der Waals surface area contributed by atoms with Crippen molar-refractivity contribution in [2.24, 2.45) is 0 Å². The van der Waals surface area contributed by atoms with E-state index in [0.29, 0.717) is 0 Å². The Hall–Kier alpha value is -0.500. The van der Waals surface area contributed by atoms with Crippen LogP contribution in [0.3, 0.4) is 0 Å². The van der Waals surface area contributed by atoms with Crippen LogP contribution in [-0.2, 0) is 0 Å². The minimum Gasteiger partial charge on any atom is -0.376 e. The van der Waals surface area contributed by atoms with E-state index in [1.807, 2.05) is 0 Å². The molecule has 0 aromatic heterocycles. The predicted molar refractivity (Wildman–Crippen MR) is 69.3 cm³/mol. The van der Waals surface area contributed by atoms with Gasteiger partial charge < -0.3 is 4.90 Å². The zero-order chi connectivity index (χ0) is 11.2. The zero-order valence-electron chi connectivity index (χ0n) is 10.00. The average molecular weight is 242 g/mol. The summed E-state index contributed by atoms with van der Waals surface area (Å²) >= 11 is 6.27. The van der Waals surface area contributed by atoms with Crippen molar-refractivity contribution in [2.75, 3.05) is 26.2 Å². The highest BCUT2D eigenvalue weighted by molar-refractivity contribution is 6.38. The molecule has 2 aliphatic heterocycles. The molecule has 0 unspecified atom stereocenters. The number of halogens is 1. The van der Waals surface area contributed by atoms with E-state index in [9.17, 15) is 0 Å². The highest BCUT2D eigenvalue weighted by atomic mass is 35.5. The molecule has 2 aliphatic rings. The van der Waals surface area contributed by atoms with Crippen LogP contribution in [0.2, 0.25) is 0 Å². The maximum absolute atomic E-state index is 6.27. The van der Waals surface area contributed by atoms with Crippen molar-refractivity contribution >= 4 is 17.8 Å². The van der Waals surface area contributed by atoms with Gasteiger partial charge >= 0.3 is 0 Å². The fourth-order valence-corrected chi connectivity index (χ4v) is 2.75. The van der Waals surface area contributed by atoms with Crippen LogP contribution < -0.4 is 0 Å². The molecule has 2 nitrogen and oxygen atoms in total. The second kappa shape index (κ2) is 6.29. The van der Waals surface area contributed by atoms with Crippen molar-refractivity contribution in [2.45, 2.75) is 38.5 Å². The molecule has 0 aromatic carbocycles. The Kier molecular flexibility index (Phi) is 4.70. The Morgan fingerprint density at radius 2 is 1.56 bits per heavy atom. The lowest BCUT2D eigenvalue weighted by Crippen LogP contribution is -2.25. The van der Waals surface area contributed by atoms with Crippen LogP contribution >= 0.6 is 11.6 Å².